The van der Waals surface area contributed by atoms with Crippen molar-refractivity contribution < 1.29 is 9.21 Å². The quantitative estimate of drug-likeness (QED) is 0.670. The minimum Gasteiger partial charge on any atom is -0.431 e. The first-order valence-corrected chi connectivity index (χ1v) is 8.13. The predicted octanol–water partition coefficient (Wildman–Crippen LogP) is 2.95. The van der Waals surface area contributed by atoms with E-state index in [0.717, 1.165) is 18.4 Å². The Labute approximate surface area is 127 Å². The summed E-state index contributed by atoms with van der Waals surface area (Å²) < 4.78 is 5.63. The Kier molecular flexibility index (Phi) is 4.05. The second kappa shape index (κ2) is 5.97. The smallest absolute Gasteiger partial charge is 0.257 e. The minimum absolute atomic E-state index is 0.0497. The van der Waals surface area contributed by atoms with Gasteiger partial charge in [-0.1, -0.05) is 24.6 Å². The number of hydrogen-bond acceptors (Lipinski definition) is 5. The van der Waals surface area contributed by atoms with E-state index < -0.39 is 0 Å². The lowest BCUT2D eigenvalue weighted by molar-refractivity contribution is -0.120. The van der Waals surface area contributed by atoms with Crippen molar-refractivity contribution in [2.24, 2.45) is 0 Å². The van der Waals surface area contributed by atoms with Gasteiger partial charge in [0.25, 0.3) is 5.22 Å². The highest BCUT2D eigenvalue weighted by Crippen LogP contribution is 2.28. The van der Waals surface area contributed by atoms with Gasteiger partial charge in [0.15, 0.2) is 5.58 Å². The van der Waals surface area contributed by atoms with Crippen LogP contribution >= 0.6 is 11.8 Å². The van der Waals surface area contributed by atoms with Gasteiger partial charge in [-0.2, -0.15) is 0 Å². The van der Waals surface area contributed by atoms with E-state index in [1.165, 1.54) is 24.6 Å². The summed E-state index contributed by atoms with van der Waals surface area (Å²) in [6, 6.07) is 5.68. The Bertz CT molecular complexity index is 649. The molecule has 1 atom stereocenters. The van der Waals surface area contributed by atoms with Crippen LogP contribution in [0.15, 0.2) is 27.8 Å². The van der Waals surface area contributed by atoms with Crippen molar-refractivity contribution in [3.63, 3.8) is 0 Å². The lowest BCUT2D eigenvalue weighted by Crippen LogP contribution is -2.37. The SMILES string of the molecule is CC(Sc1nc2cc(N)ccc2o1)C(=O)NC1CCCC1. The molecule has 1 amide bonds. The Hall–Kier alpha value is -1.69. The molecule has 0 bridgehead atoms. The Morgan fingerprint density at radius 2 is 2.24 bits per heavy atom. The molecule has 3 N–H and O–H groups in total. The average molecular weight is 305 g/mol. The summed E-state index contributed by atoms with van der Waals surface area (Å²) in [5.74, 6) is 0.0497. The van der Waals surface area contributed by atoms with Crippen LogP contribution in [0.1, 0.15) is 32.6 Å². The van der Waals surface area contributed by atoms with Crippen LogP contribution in [-0.4, -0.2) is 22.2 Å². The van der Waals surface area contributed by atoms with Crippen LogP contribution in [0.2, 0.25) is 0 Å². The van der Waals surface area contributed by atoms with Gasteiger partial charge in [0.2, 0.25) is 5.91 Å². The third-order valence-corrected chi connectivity index (χ3v) is 4.68. The zero-order chi connectivity index (χ0) is 14.8. The van der Waals surface area contributed by atoms with Crippen LogP contribution in [0.25, 0.3) is 11.1 Å². The van der Waals surface area contributed by atoms with Gasteiger partial charge < -0.3 is 15.5 Å². The summed E-state index contributed by atoms with van der Waals surface area (Å²) in [4.78, 5) is 16.5. The van der Waals surface area contributed by atoms with E-state index >= 15 is 0 Å². The van der Waals surface area contributed by atoms with Crippen LogP contribution in [0.5, 0.6) is 0 Å². The third kappa shape index (κ3) is 3.32. The van der Waals surface area contributed by atoms with Gasteiger partial charge >= 0.3 is 0 Å². The van der Waals surface area contributed by atoms with Gasteiger partial charge in [0.1, 0.15) is 5.52 Å². The number of hydrogen-bond donors (Lipinski definition) is 2. The number of aromatic nitrogens is 1. The maximum absolute atomic E-state index is 12.2. The standard InChI is InChI=1S/C15H19N3O2S/c1-9(14(19)17-11-4-2-3-5-11)21-15-18-12-8-10(16)6-7-13(12)20-15/h6-9,11H,2-5,16H2,1H3,(H,17,19). The zero-order valence-electron chi connectivity index (χ0n) is 12.0. The molecule has 5 nitrogen and oxygen atoms in total. The summed E-state index contributed by atoms with van der Waals surface area (Å²) in [7, 11) is 0. The first-order valence-electron chi connectivity index (χ1n) is 7.25. The Balaban J connectivity index is 1.64. The number of nitrogen functional groups attached to an aromatic ring is 1. The summed E-state index contributed by atoms with van der Waals surface area (Å²) in [5, 5.41) is 3.37. The molecule has 1 aliphatic carbocycles. The van der Waals surface area contributed by atoms with Crippen LogP contribution in [-0.2, 0) is 4.79 Å². The van der Waals surface area contributed by atoms with Crippen LogP contribution in [0.3, 0.4) is 0 Å². The molecular formula is C15H19N3O2S. The number of oxazole rings is 1. The van der Waals surface area contributed by atoms with Gasteiger partial charge in [-0.25, -0.2) is 4.98 Å². The molecule has 1 aromatic carbocycles. The topological polar surface area (TPSA) is 81.2 Å². The molecule has 1 saturated carbocycles. The zero-order valence-corrected chi connectivity index (χ0v) is 12.8. The molecule has 2 aromatic rings. The van der Waals surface area contributed by atoms with Crippen molar-refractivity contribution >= 4 is 34.5 Å². The summed E-state index contributed by atoms with van der Waals surface area (Å²) in [6.07, 6.45) is 4.59. The molecule has 0 spiro atoms. The molecule has 1 aliphatic rings. The molecule has 0 aliphatic heterocycles. The largest absolute Gasteiger partial charge is 0.431 e. The fourth-order valence-corrected chi connectivity index (χ4v) is 3.33. The van der Waals surface area contributed by atoms with E-state index in [2.05, 4.69) is 10.3 Å². The highest BCUT2D eigenvalue weighted by Gasteiger charge is 2.22. The van der Waals surface area contributed by atoms with Crippen molar-refractivity contribution in [3.05, 3.63) is 18.2 Å². The number of nitrogens with one attached hydrogen (secondary N) is 1. The second-order valence-corrected chi connectivity index (χ2v) is 6.75. The van der Waals surface area contributed by atoms with E-state index in [0.29, 0.717) is 22.5 Å². The van der Waals surface area contributed by atoms with Crippen LogP contribution in [0.4, 0.5) is 5.69 Å². The molecular weight excluding hydrogens is 286 g/mol. The molecule has 1 aromatic heterocycles. The molecule has 21 heavy (non-hydrogen) atoms. The summed E-state index contributed by atoms with van der Waals surface area (Å²) in [5.41, 5.74) is 7.79. The average Bonchev–Trinajstić information content (AvgIpc) is 3.07. The van der Waals surface area contributed by atoms with Crippen LogP contribution in [0, 0.1) is 0 Å². The van der Waals surface area contributed by atoms with E-state index in [9.17, 15) is 4.79 Å². The normalized spacial score (nSPS) is 17.2. The van der Waals surface area contributed by atoms with E-state index in [1.54, 1.807) is 18.2 Å². The molecule has 1 heterocycles. The number of carbonyl (C=O) groups excluding carboxylic acids is 1. The number of nitrogens with two attached hydrogens (primary N) is 1. The predicted molar refractivity (Wildman–Crippen MR) is 84.1 cm³/mol. The Morgan fingerprint density at radius 1 is 1.48 bits per heavy atom. The lowest BCUT2D eigenvalue weighted by Gasteiger charge is -2.15. The van der Waals surface area contributed by atoms with Crippen molar-refractivity contribution in [2.45, 2.75) is 49.1 Å². The maximum atomic E-state index is 12.2. The molecule has 1 fully saturated rings. The third-order valence-electron chi connectivity index (χ3n) is 3.74. The van der Waals surface area contributed by atoms with Crippen LogP contribution < -0.4 is 11.1 Å². The number of nitrogens with zero attached hydrogens (tertiary/aromatic N) is 1. The second-order valence-electron chi connectivity index (χ2n) is 5.46. The van der Waals surface area contributed by atoms with E-state index in [1.807, 2.05) is 6.92 Å². The monoisotopic (exact) mass is 305 g/mol. The van der Waals surface area contributed by atoms with Gasteiger partial charge in [-0.3, -0.25) is 4.79 Å². The highest BCUT2D eigenvalue weighted by atomic mass is 32.2. The van der Waals surface area contributed by atoms with Gasteiger partial charge in [-0.15, -0.1) is 0 Å². The minimum atomic E-state index is -0.226. The molecule has 3 rings (SSSR count). The molecule has 1 unspecified atom stereocenters. The van der Waals surface area contributed by atoms with Gasteiger partial charge in [0, 0.05) is 11.7 Å². The molecule has 0 saturated heterocycles. The fourth-order valence-electron chi connectivity index (χ4n) is 2.57. The Morgan fingerprint density at radius 3 is 3.00 bits per heavy atom. The van der Waals surface area contributed by atoms with Crippen molar-refractivity contribution in [1.29, 1.82) is 0 Å². The highest BCUT2D eigenvalue weighted by molar-refractivity contribution is 8.00. The molecule has 0 radical (unpaired) electrons. The number of thioether (sulfide) groups is 1. The number of fused-ring (bicyclic) bond motifs is 1. The fraction of sp³-hybridized carbons (Fsp3) is 0.467. The number of benzene rings is 1. The van der Waals surface area contributed by atoms with Crippen molar-refractivity contribution in [2.75, 3.05) is 5.73 Å². The van der Waals surface area contributed by atoms with Crippen molar-refractivity contribution in [1.82, 2.24) is 10.3 Å². The first kappa shape index (κ1) is 14.3. The summed E-state index contributed by atoms with van der Waals surface area (Å²) in [6.45, 7) is 1.87. The number of amides is 1. The maximum Gasteiger partial charge on any atom is 0.257 e. The molecule has 112 valence electrons. The van der Waals surface area contributed by atoms with Crippen molar-refractivity contribution in [3.8, 4) is 0 Å². The van der Waals surface area contributed by atoms with E-state index in [4.69, 9.17) is 10.2 Å². The summed E-state index contributed by atoms with van der Waals surface area (Å²) >= 11 is 1.34. The van der Waals surface area contributed by atoms with Gasteiger partial charge in [0.05, 0.1) is 5.25 Å². The molecule has 6 heteroatoms. The number of carbonyl (C=O) groups is 1. The lowest BCUT2D eigenvalue weighted by atomic mass is 10.2. The number of rotatable bonds is 4. The number of anilines is 1. The van der Waals surface area contributed by atoms with Gasteiger partial charge in [-0.05, 0) is 38.0 Å². The first-order chi connectivity index (χ1) is 10.1. The van der Waals surface area contributed by atoms with E-state index in [-0.39, 0.29) is 11.2 Å².